The monoisotopic (exact) mass is 119 g/mol. The van der Waals surface area contributed by atoms with Gasteiger partial charge in [0.05, 0.1) is 0 Å². The lowest BCUT2D eigenvalue weighted by atomic mass is 10.2. The van der Waals surface area contributed by atoms with Crippen molar-refractivity contribution in [2.75, 3.05) is 0 Å². The van der Waals surface area contributed by atoms with Gasteiger partial charge in [-0.2, -0.15) is 0 Å². The molecule has 0 unspecified atom stereocenters. The molecule has 9 heavy (non-hydrogen) atoms. The molecule has 0 amide bonds. The summed E-state index contributed by atoms with van der Waals surface area (Å²) in [5.41, 5.74) is 1.49. The van der Waals surface area contributed by atoms with Gasteiger partial charge < -0.3 is 0 Å². The summed E-state index contributed by atoms with van der Waals surface area (Å²) >= 11 is 0. The Morgan fingerprint density at radius 3 is 3.11 bits per heavy atom. The van der Waals surface area contributed by atoms with Crippen LogP contribution in [0.25, 0.3) is 0 Å². The van der Waals surface area contributed by atoms with Crippen LogP contribution in [-0.4, -0.2) is 0 Å². The van der Waals surface area contributed by atoms with Gasteiger partial charge >= 0.3 is 0 Å². The molecule has 0 nitrogen and oxygen atoms in total. The van der Waals surface area contributed by atoms with Crippen LogP contribution in [0.5, 0.6) is 0 Å². The van der Waals surface area contributed by atoms with Crippen LogP contribution in [0.15, 0.2) is 11.6 Å². The minimum atomic E-state index is 0.979. The predicted molar refractivity (Wildman–Crippen MR) is 39.7 cm³/mol. The van der Waals surface area contributed by atoms with Crippen molar-refractivity contribution >= 4 is 0 Å². The summed E-state index contributed by atoms with van der Waals surface area (Å²) in [6, 6.07) is 0. The molecule has 1 rings (SSSR count). The molecule has 0 spiro atoms. The maximum Gasteiger partial charge on any atom is 0.0299 e. The molecule has 0 aromatic heterocycles. The van der Waals surface area contributed by atoms with Crippen molar-refractivity contribution in [3.63, 3.8) is 0 Å². The Morgan fingerprint density at radius 2 is 2.56 bits per heavy atom. The molecule has 0 aliphatic heterocycles. The van der Waals surface area contributed by atoms with Crippen LogP contribution < -0.4 is 0 Å². The average molecular weight is 119 g/mol. The summed E-state index contributed by atoms with van der Waals surface area (Å²) in [5, 5.41) is 0. The molecule has 1 radical (unpaired) electrons. The van der Waals surface area contributed by atoms with Crippen molar-refractivity contribution in [2.24, 2.45) is 0 Å². The van der Waals surface area contributed by atoms with Crippen molar-refractivity contribution in [3.8, 4) is 11.8 Å². The molecule has 0 aromatic rings. The first kappa shape index (κ1) is 6.42. The zero-order valence-electron chi connectivity index (χ0n) is 5.78. The van der Waals surface area contributed by atoms with E-state index in [4.69, 9.17) is 0 Å². The van der Waals surface area contributed by atoms with Crippen LogP contribution in [0.4, 0.5) is 0 Å². The minimum Gasteiger partial charge on any atom is -0.106 e. The Hall–Kier alpha value is -0.700. The highest BCUT2D eigenvalue weighted by Crippen LogP contribution is 2.18. The molecular formula is C9H11. The van der Waals surface area contributed by atoms with Crippen molar-refractivity contribution < 1.29 is 0 Å². The fraction of sp³-hybridized carbons (Fsp3) is 0.444. The van der Waals surface area contributed by atoms with Gasteiger partial charge in [0.2, 0.25) is 0 Å². The summed E-state index contributed by atoms with van der Waals surface area (Å²) in [5.74, 6) is 5.94. The minimum absolute atomic E-state index is 0.979. The van der Waals surface area contributed by atoms with Gasteiger partial charge in [-0.05, 0) is 26.2 Å². The topological polar surface area (TPSA) is 0 Å². The largest absolute Gasteiger partial charge is 0.106 e. The van der Waals surface area contributed by atoms with E-state index >= 15 is 0 Å². The van der Waals surface area contributed by atoms with Gasteiger partial charge in [0.15, 0.2) is 0 Å². The fourth-order valence-electron chi connectivity index (χ4n) is 0.951. The SMILES string of the molecule is CC#CCC1=C[CH]CC1. The Labute approximate surface area is 57.0 Å². The van der Waals surface area contributed by atoms with E-state index in [2.05, 4.69) is 24.3 Å². The Bertz CT molecular complexity index is 164. The lowest BCUT2D eigenvalue weighted by Gasteiger charge is -1.89. The molecule has 0 saturated heterocycles. The zero-order valence-corrected chi connectivity index (χ0v) is 5.78. The molecule has 0 heterocycles. The quantitative estimate of drug-likeness (QED) is 0.465. The summed E-state index contributed by atoms with van der Waals surface area (Å²) in [7, 11) is 0. The summed E-state index contributed by atoms with van der Waals surface area (Å²) in [6.45, 7) is 1.89. The second kappa shape index (κ2) is 3.35. The predicted octanol–water partition coefficient (Wildman–Crippen LogP) is 2.32. The standard InChI is InChI=1S/C9H11/c1-2-3-6-9-7-4-5-8-9/h4,7H,5-6,8H2,1H3. The van der Waals surface area contributed by atoms with E-state index in [0.29, 0.717) is 0 Å². The van der Waals surface area contributed by atoms with Crippen molar-refractivity contribution in [1.29, 1.82) is 0 Å². The summed E-state index contributed by atoms with van der Waals surface area (Å²) in [4.78, 5) is 0. The second-order valence-corrected chi connectivity index (χ2v) is 2.20. The average Bonchev–Trinajstić information content (AvgIpc) is 2.34. The molecule has 0 heteroatoms. The Morgan fingerprint density at radius 1 is 1.67 bits per heavy atom. The van der Waals surface area contributed by atoms with Gasteiger partial charge in [0.25, 0.3) is 0 Å². The molecule has 47 valence electrons. The molecule has 0 aromatic carbocycles. The van der Waals surface area contributed by atoms with Crippen LogP contribution in [0.1, 0.15) is 26.2 Å². The third kappa shape index (κ3) is 1.93. The third-order valence-electron chi connectivity index (χ3n) is 1.48. The van der Waals surface area contributed by atoms with E-state index < -0.39 is 0 Å². The van der Waals surface area contributed by atoms with Gasteiger partial charge in [-0.25, -0.2) is 0 Å². The van der Waals surface area contributed by atoms with Crippen molar-refractivity contribution in [1.82, 2.24) is 0 Å². The highest BCUT2D eigenvalue weighted by molar-refractivity contribution is 5.21. The van der Waals surface area contributed by atoms with Gasteiger partial charge in [-0.3, -0.25) is 0 Å². The molecule has 1 aliphatic rings. The van der Waals surface area contributed by atoms with Crippen LogP contribution in [-0.2, 0) is 0 Å². The van der Waals surface area contributed by atoms with E-state index in [-0.39, 0.29) is 0 Å². The maximum absolute atomic E-state index is 3.05. The number of hydrogen-bond donors (Lipinski definition) is 0. The van der Waals surface area contributed by atoms with E-state index in [0.717, 1.165) is 6.42 Å². The molecule has 1 aliphatic carbocycles. The Kier molecular flexibility index (Phi) is 2.39. The van der Waals surface area contributed by atoms with Gasteiger partial charge in [-0.1, -0.05) is 17.6 Å². The highest BCUT2D eigenvalue weighted by atomic mass is 14.1. The van der Waals surface area contributed by atoms with Crippen LogP contribution in [0.3, 0.4) is 0 Å². The molecule has 0 saturated carbocycles. The van der Waals surface area contributed by atoms with Crippen molar-refractivity contribution in [2.45, 2.75) is 26.2 Å². The molecule has 0 fully saturated rings. The summed E-state index contributed by atoms with van der Waals surface area (Å²) in [6.07, 6.45) is 7.85. The maximum atomic E-state index is 3.05. The number of allylic oxidation sites excluding steroid dienone is 2. The lowest BCUT2D eigenvalue weighted by Crippen LogP contribution is -1.72. The first-order chi connectivity index (χ1) is 4.43. The molecule has 0 N–H and O–H groups in total. The Balaban J connectivity index is 2.32. The van der Waals surface area contributed by atoms with E-state index in [1.54, 1.807) is 0 Å². The van der Waals surface area contributed by atoms with Crippen LogP contribution >= 0.6 is 0 Å². The van der Waals surface area contributed by atoms with Crippen LogP contribution in [0, 0.1) is 18.3 Å². The zero-order chi connectivity index (χ0) is 6.53. The van der Waals surface area contributed by atoms with Crippen molar-refractivity contribution in [3.05, 3.63) is 18.1 Å². The third-order valence-corrected chi connectivity index (χ3v) is 1.48. The van der Waals surface area contributed by atoms with Gasteiger partial charge in [0.1, 0.15) is 0 Å². The molecular weight excluding hydrogens is 108 g/mol. The van der Waals surface area contributed by atoms with Gasteiger partial charge in [-0.15, -0.1) is 5.92 Å². The fourth-order valence-corrected chi connectivity index (χ4v) is 0.951. The lowest BCUT2D eigenvalue weighted by molar-refractivity contribution is 0.981. The smallest absolute Gasteiger partial charge is 0.0299 e. The number of hydrogen-bond acceptors (Lipinski definition) is 0. The first-order valence-corrected chi connectivity index (χ1v) is 3.34. The second-order valence-electron chi connectivity index (χ2n) is 2.20. The van der Waals surface area contributed by atoms with Gasteiger partial charge in [0, 0.05) is 6.42 Å². The van der Waals surface area contributed by atoms with E-state index in [9.17, 15) is 0 Å². The summed E-state index contributed by atoms with van der Waals surface area (Å²) < 4.78 is 0. The number of rotatable bonds is 1. The first-order valence-electron chi connectivity index (χ1n) is 3.34. The molecule has 0 atom stereocenters. The van der Waals surface area contributed by atoms with Crippen LogP contribution in [0.2, 0.25) is 0 Å². The molecule has 0 bridgehead atoms. The highest BCUT2D eigenvalue weighted by Gasteiger charge is 2.01. The normalized spacial score (nSPS) is 16.3. The van der Waals surface area contributed by atoms with E-state index in [1.165, 1.54) is 18.4 Å². The van der Waals surface area contributed by atoms with E-state index in [1.807, 2.05) is 6.92 Å².